The van der Waals surface area contributed by atoms with Gasteiger partial charge in [0, 0.05) is 12.3 Å². The summed E-state index contributed by atoms with van der Waals surface area (Å²) in [6.45, 7) is 1.24. The lowest BCUT2D eigenvalue weighted by molar-refractivity contribution is 0.111. The highest BCUT2D eigenvalue weighted by molar-refractivity contribution is 5.41. The third-order valence-corrected chi connectivity index (χ3v) is 2.30. The maximum absolute atomic E-state index is 12.9. The Morgan fingerprint density at radius 1 is 1.36 bits per heavy atom. The van der Waals surface area contributed by atoms with E-state index in [2.05, 4.69) is 0 Å². The number of halogens is 1. The Balaban J connectivity index is 1.87. The highest BCUT2D eigenvalue weighted by Gasteiger charge is 2.20. The number of nitrogen functional groups attached to an aromatic ring is 1. The summed E-state index contributed by atoms with van der Waals surface area (Å²) in [5, 5.41) is 0. The Bertz CT molecular complexity index is 303. The molecule has 0 bridgehead atoms. The van der Waals surface area contributed by atoms with Crippen molar-refractivity contribution >= 4 is 5.69 Å². The lowest BCUT2D eigenvalue weighted by Gasteiger charge is -2.04. The lowest BCUT2D eigenvalue weighted by atomic mass is 10.2. The van der Waals surface area contributed by atoms with Crippen LogP contribution >= 0.6 is 0 Å². The lowest BCUT2D eigenvalue weighted by Crippen LogP contribution is -1.98. The molecule has 0 amide bonds. The first-order valence-corrected chi connectivity index (χ1v) is 4.87. The third-order valence-electron chi connectivity index (χ3n) is 2.30. The number of ether oxygens (including phenoxy) is 1. The SMILES string of the molecule is Nc1cc(F)cc(COCC2CC2)c1. The van der Waals surface area contributed by atoms with Crippen LogP contribution in [0.5, 0.6) is 0 Å². The van der Waals surface area contributed by atoms with Crippen LogP contribution in [0.2, 0.25) is 0 Å². The molecule has 3 heteroatoms. The largest absolute Gasteiger partial charge is 0.399 e. The molecule has 1 aromatic carbocycles. The monoisotopic (exact) mass is 195 g/mol. The van der Waals surface area contributed by atoms with E-state index in [0.29, 0.717) is 12.3 Å². The molecule has 0 spiro atoms. The van der Waals surface area contributed by atoms with E-state index in [1.54, 1.807) is 6.07 Å². The second-order valence-corrected chi connectivity index (χ2v) is 3.85. The first kappa shape index (κ1) is 9.46. The van der Waals surface area contributed by atoms with Gasteiger partial charge in [0.2, 0.25) is 0 Å². The van der Waals surface area contributed by atoms with Crippen molar-refractivity contribution in [1.82, 2.24) is 0 Å². The Hall–Kier alpha value is -1.09. The van der Waals surface area contributed by atoms with Crippen molar-refractivity contribution in [3.63, 3.8) is 0 Å². The minimum absolute atomic E-state index is 0.296. The third kappa shape index (κ3) is 2.70. The fourth-order valence-electron chi connectivity index (χ4n) is 1.39. The van der Waals surface area contributed by atoms with Gasteiger partial charge in [0.15, 0.2) is 0 Å². The van der Waals surface area contributed by atoms with Crippen molar-refractivity contribution in [2.24, 2.45) is 5.92 Å². The molecule has 0 aliphatic heterocycles. The van der Waals surface area contributed by atoms with E-state index in [1.165, 1.54) is 25.0 Å². The van der Waals surface area contributed by atoms with E-state index in [9.17, 15) is 4.39 Å². The van der Waals surface area contributed by atoms with Crippen molar-refractivity contribution in [3.05, 3.63) is 29.6 Å². The minimum Gasteiger partial charge on any atom is -0.399 e. The topological polar surface area (TPSA) is 35.2 Å². The van der Waals surface area contributed by atoms with Gasteiger partial charge in [-0.2, -0.15) is 0 Å². The zero-order valence-corrected chi connectivity index (χ0v) is 8.00. The van der Waals surface area contributed by atoms with E-state index in [-0.39, 0.29) is 5.82 Å². The van der Waals surface area contributed by atoms with Gasteiger partial charge in [-0.05, 0) is 42.5 Å². The Kier molecular flexibility index (Phi) is 2.68. The van der Waals surface area contributed by atoms with E-state index in [4.69, 9.17) is 10.5 Å². The summed E-state index contributed by atoms with van der Waals surface area (Å²) in [7, 11) is 0. The van der Waals surface area contributed by atoms with Crippen LogP contribution in [0.1, 0.15) is 18.4 Å². The van der Waals surface area contributed by atoms with Gasteiger partial charge in [-0.25, -0.2) is 4.39 Å². The molecule has 2 N–H and O–H groups in total. The summed E-state index contributed by atoms with van der Waals surface area (Å²) in [5.74, 6) is 0.441. The van der Waals surface area contributed by atoms with Crippen LogP contribution in [0, 0.1) is 11.7 Å². The summed E-state index contributed by atoms with van der Waals surface area (Å²) in [6, 6.07) is 4.52. The molecule has 0 heterocycles. The number of anilines is 1. The standard InChI is InChI=1S/C11H14FNO/c12-10-3-9(4-11(13)5-10)7-14-6-8-1-2-8/h3-5,8H,1-2,6-7,13H2. The summed E-state index contributed by atoms with van der Waals surface area (Å²) in [6.07, 6.45) is 2.54. The molecule has 0 atom stereocenters. The second kappa shape index (κ2) is 3.96. The fourth-order valence-corrected chi connectivity index (χ4v) is 1.39. The number of nitrogens with two attached hydrogens (primary N) is 1. The first-order chi connectivity index (χ1) is 6.74. The zero-order valence-electron chi connectivity index (χ0n) is 8.00. The molecule has 1 saturated carbocycles. The normalized spacial score (nSPS) is 15.8. The van der Waals surface area contributed by atoms with Gasteiger partial charge >= 0.3 is 0 Å². The summed E-state index contributed by atoms with van der Waals surface area (Å²) in [4.78, 5) is 0. The molecule has 1 aliphatic rings. The highest BCUT2D eigenvalue weighted by Crippen LogP contribution is 2.29. The molecule has 0 saturated heterocycles. The maximum Gasteiger partial charge on any atom is 0.125 e. The molecule has 14 heavy (non-hydrogen) atoms. The van der Waals surface area contributed by atoms with Crippen molar-refractivity contribution in [2.45, 2.75) is 19.4 Å². The molecular formula is C11H14FNO. The van der Waals surface area contributed by atoms with E-state index >= 15 is 0 Å². The molecule has 1 aromatic rings. The van der Waals surface area contributed by atoms with Crippen molar-refractivity contribution in [2.75, 3.05) is 12.3 Å². The quantitative estimate of drug-likeness (QED) is 0.748. The molecule has 2 nitrogen and oxygen atoms in total. The average Bonchev–Trinajstić information content (AvgIpc) is 2.86. The molecule has 0 aromatic heterocycles. The predicted molar refractivity (Wildman–Crippen MR) is 53.2 cm³/mol. The van der Waals surface area contributed by atoms with Crippen LogP contribution < -0.4 is 5.73 Å². The number of hydrogen-bond acceptors (Lipinski definition) is 2. The smallest absolute Gasteiger partial charge is 0.125 e. The zero-order chi connectivity index (χ0) is 9.97. The molecule has 2 rings (SSSR count). The van der Waals surface area contributed by atoms with Gasteiger partial charge < -0.3 is 10.5 Å². The number of hydrogen-bond donors (Lipinski definition) is 1. The Morgan fingerprint density at radius 2 is 2.14 bits per heavy atom. The van der Waals surface area contributed by atoms with Crippen molar-refractivity contribution in [3.8, 4) is 0 Å². The van der Waals surface area contributed by atoms with Crippen LogP contribution in [-0.2, 0) is 11.3 Å². The Morgan fingerprint density at radius 3 is 2.79 bits per heavy atom. The summed E-state index contributed by atoms with van der Waals surface area (Å²) >= 11 is 0. The molecular weight excluding hydrogens is 181 g/mol. The first-order valence-electron chi connectivity index (χ1n) is 4.87. The second-order valence-electron chi connectivity index (χ2n) is 3.85. The molecule has 76 valence electrons. The van der Waals surface area contributed by atoms with Gasteiger partial charge in [-0.1, -0.05) is 0 Å². The van der Waals surface area contributed by atoms with Crippen LogP contribution in [0.15, 0.2) is 18.2 Å². The van der Waals surface area contributed by atoms with Crippen LogP contribution in [0.3, 0.4) is 0 Å². The van der Waals surface area contributed by atoms with Crippen LogP contribution in [0.4, 0.5) is 10.1 Å². The van der Waals surface area contributed by atoms with Crippen molar-refractivity contribution in [1.29, 1.82) is 0 Å². The molecule has 1 fully saturated rings. The summed E-state index contributed by atoms with van der Waals surface area (Å²) < 4.78 is 18.3. The van der Waals surface area contributed by atoms with Gasteiger partial charge in [0.25, 0.3) is 0 Å². The van der Waals surface area contributed by atoms with Gasteiger partial charge in [-0.15, -0.1) is 0 Å². The average molecular weight is 195 g/mol. The van der Waals surface area contributed by atoms with Gasteiger partial charge in [-0.3, -0.25) is 0 Å². The van der Waals surface area contributed by atoms with E-state index in [0.717, 1.165) is 18.1 Å². The van der Waals surface area contributed by atoms with Crippen LogP contribution in [-0.4, -0.2) is 6.61 Å². The number of rotatable bonds is 4. The minimum atomic E-state index is -0.296. The molecule has 0 unspecified atom stereocenters. The fraction of sp³-hybridized carbons (Fsp3) is 0.455. The highest BCUT2D eigenvalue weighted by atomic mass is 19.1. The van der Waals surface area contributed by atoms with Gasteiger partial charge in [0.1, 0.15) is 5.82 Å². The Labute approximate surface area is 82.9 Å². The molecule has 1 aliphatic carbocycles. The predicted octanol–water partition coefficient (Wildman–Crippen LogP) is 2.33. The molecule has 0 radical (unpaired) electrons. The number of benzene rings is 1. The van der Waals surface area contributed by atoms with Crippen molar-refractivity contribution < 1.29 is 9.13 Å². The summed E-state index contributed by atoms with van der Waals surface area (Å²) in [5.41, 5.74) is 6.77. The van der Waals surface area contributed by atoms with E-state index < -0.39 is 0 Å². The van der Waals surface area contributed by atoms with E-state index in [1.807, 2.05) is 0 Å². The van der Waals surface area contributed by atoms with Gasteiger partial charge in [0.05, 0.1) is 6.61 Å². The maximum atomic E-state index is 12.9. The van der Waals surface area contributed by atoms with Crippen LogP contribution in [0.25, 0.3) is 0 Å².